The highest BCUT2D eigenvalue weighted by atomic mass is 16.3. The molecule has 3 saturated carbocycles. The van der Waals surface area contributed by atoms with Gasteiger partial charge in [-0.25, -0.2) is 0 Å². The predicted molar refractivity (Wildman–Crippen MR) is 133 cm³/mol. The van der Waals surface area contributed by atoms with E-state index in [1.165, 1.54) is 0 Å². The van der Waals surface area contributed by atoms with E-state index in [0.717, 1.165) is 55.0 Å². The summed E-state index contributed by atoms with van der Waals surface area (Å²) in [6, 6.07) is 11.4. The molecule has 3 aliphatic carbocycles. The highest BCUT2D eigenvalue weighted by molar-refractivity contribution is 6.03. The van der Waals surface area contributed by atoms with Gasteiger partial charge in [-0.3, -0.25) is 9.59 Å². The Hall–Kier alpha value is -2.82. The van der Waals surface area contributed by atoms with Crippen LogP contribution in [0, 0.1) is 34.5 Å². The number of rotatable bonds is 2. The third kappa shape index (κ3) is 3.12. The Bertz CT molecular complexity index is 1210. The molecule has 0 saturated heterocycles. The molecule has 5 nitrogen and oxygen atoms in total. The Labute approximate surface area is 201 Å². The molecule has 7 atom stereocenters. The number of fused-ring (bicyclic) bond motifs is 6. The third-order valence-electron chi connectivity index (χ3n) is 10.1. The molecule has 2 aromatic carbocycles. The van der Waals surface area contributed by atoms with Crippen molar-refractivity contribution in [2.75, 3.05) is 5.32 Å². The summed E-state index contributed by atoms with van der Waals surface area (Å²) in [6.45, 7) is 4.70. The number of aromatic hydroxyl groups is 1. The Morgan fingerprint density at radius 3 is 2.76 bits per heavy atom. The van der Waals surface area contributed by atoms with E-state index in [4.69, 9.17) is 0 Å². The molecule has 5 heteroatoms. The second kappa shape index (κ2) is 7.59. The highest BCUT2D eigenvalue weighted by Gasteiger charge is 2.60. The number of hydrogen-bond acceptors (Lipinski definition) is 3. The molecule has 2 amide bonds. The number of carbonyl (C=O) groups excluding carboxylic acids is 2. The summed E-state index contributed by atoms with van der Waals surface area (Å²) in [6.07, 6.45) is 10.3. The molecule has 0 bridgehead atoms. The van der Waals surface area contributed by atoms with Crippen molar-refractivity contribution in [2.45, 2.75) is 58.4 Å². The lowest BCUT2D eigenvalue weighted by Crippen LogP contribution is -2.59. The quantitative estimate of drug-likeness (QED) is 0.564. The van der Waals surface area contributed by atoms with Gasteiger partial charge in [-0.2, -0.15) is 0 Å². The highest BCUT2D eigenvalue weighted by Crippen LogP contribution is 2.65. The summed E-state index contributed by atoms with van der Waals surface area (Å²) in [7, 11) is 0. The van der Waals surface area contributed by atoms with E-state index in [1.54, 1.807) is 18.2 Å². The van der Waals surface area contributed by atoms with Gasteiger partial charge in [0, 0.05) is 28.4 Å². The summed E-state index contributed by atoms with van der Waals surface area (Å²) in [5.74, 6) is 2.14. The zero-order valence-corrected chi connectivity index (χ0v) is 20.0. The monoisotopic (exact) mass is 458 g/mol. The van der Waals surface area contributed by atoms with E-state index in [0.29, 0.717) is 17.8 Å². The standard InChI is InChI=1S/C29H34N2O3/c1-28-14-12-22-20(8-11-25-29(22,2)15-13-26(33)31-25)21(28)9-10-23(28)27(34)30-24-5-3-4-17-16-18(32)6-7-19(17)24/h3-7,13,15-16,20-23,25,32H,8-12,14H2,1-2H3,(H,30,34)(H,31,33)/t20-,21-,22-,23+,25+,28-,29+/m0/s1. The SMILES string of the molecule is C[C@]12C=CC(=O)N[C@@H]1CC[C@@H]1[C@@H]2CC[C@]2(C)[C@@H](C(=O)Nc3cccc4cc(O)ccc34)CC[C@@H]12. The van der Waals surface area contributed by atoms with Crippen molar-refractivity contribution in [3.63, 3.8) is 0 Å². The second-order valence-corrected chi connectivity index (χ2v) is 11.6. The average molecular weight is 459 g/mol. The van der Waals surface area contributed by atoms with Crippen molar-refractivity contribution in [1.82, 2.24) is 5.32 Å². The van der Waals surface area contributed by atoms with E-state index in [1.807, 2.05) is 24.3 Å². The summed E-state index contributed by atoms with van der Waals surface area (Å²) >= 11 is 0. The zero-order valence-electron chi connectivity index (χ0n) is 20.0. The number of hydrogen-bond donors (Lipinski definition) is 3. The molecular formula is C29H34N2O3. The first kappa shape index (κ1) is 21.7. The zero-order chi connectivity index (χ0) is 23.7. The van der Waals surface area contributed by atoms with Crippen molar-refractivity contribution in [1.29, 1.82) is 0 Å². The van der Waals surface area contributed by atoms with E-state index >= 15 is 0 Å². The molecule has 178 valence electrons. The van der Waals surface area contributed by atoms with E-state index in [9.17, 15) is 14.7 Å². The summed E-state index contributed by atoms with van der Waals surface area (Å²) in [5, 5.41) is 18.2. The van der Waals surface area contributed by atoms with Gasteiger partial charge in [0.05, 0.1) is 0 Å². The summed E-state index contributed by atoms with van der Waals surface area (Å²) in [4.78, 5) is 25.6. The molecule has 1 aliphatic heterocycles. The number of carbonyl (C=O) groups is 2. The van der Waals surface area contributed by atoms with Gasteiger partial charge in [0.25, 0.3) is 0 Å². The van der Waals surface area contributed by atoms with Crippen LogP contribution >= 0.6 is 0 Å². The fraction of sp³-hybridized carbons (Fsp3) is 0.517. The van der Waals surface area contributed by atoms with Crippen LogP contribution in [0.25, 0.3) is 10.8 Å². The van der Waals surface area contributed by atoms with Gasteiger partial charge in [0.2, 0.25) is 11.8 Å². The van der Waals surface area contributed by atoms with Gasteiger partial charge in [-0.1, -0.05) is 32.1 Å². The molecule has 2 aromatic rings. The Kier molecular flexibility index (Phi) is 4.84. The van der Waals surface area contributed by atoms with Crippen LogP contribution in [0.3, 0.4) is 0 Å². The van der Waals surface area contributed by atoms with Gasteiger partial charge >= 0.3 is 0 Å². The van der Waals surface area contributed by atoms with Gasteiger partial charge in [0.1, 0.15) is 5.75 Å². The third-order valence-corrected chi connectivity index (χ3v) is 10.1. The van der Waals surface area contributed by atoms with Crippen LogP contribution in [0.4, 0.5) is 5.69 Å². The minimum atomic E-state index is 0.0120. The molecule has 0 radical (unpaired) electrons. The normalized spacial score (nSPS) is 38.5. The van der Waals surface area contributed by atoms with E-state index in [-0.39, 0.29) is 40.4 Å². The Morgan fingerprint density at radius 2 is 1.91 bits per heavy atom. The van der Waals surface area contributed by atoms with Gasteiger partial charge in [0.15, 0.2) is 0 Å². The molecule has 0 unspecified atom stereocenters. The summed E-state index contributed by atoms with van der Waals surface area (Å²) < 4.78 is 0. The number of phenols is 1. The van der Waals surface area contributed by atoms with Crippen LogP contribution in [0.5, 0.6) is 5.75 Å². The minimum absolute atomic E-state index is 0.0120. The van der Waals surface area contributed by atoms with E-state index in [2.05, 4.69) is 30.6 Å². The first-order valence-electron chi connectivity index (χ1n) is 12.8. The Balaban J connectivity index is 1.25. The molecule has 4 aliphatic rings. The first-order valence-corrected chi connectivity index (χ1v) is 12.8. The first-order chi connectivity index (χ1) is 16.3. The van der Waals surface area contributed by atoms with Crippen LogP contribution < -0.4 is 10.6 Å². The molecule has 6 rings (SSSR count). The van der Waals surface area contributed by atoms with Crippen molar-refractivity contribution in [2.24, 2.45) is 34.5 Å². The van der Waals surface area contributed by atoms with Crippen molar-refractivity contribution < 1.29 is 14.7 Å². The number of phenolic OH excluding ortho intramolecular Hbond substituents is 1. The number of anilines is 1. The maximum Gasteiger partial charge on any atom is 0.243 e. The van der Waals surface area contributed by atoms with Crippen LogP contribution in [-0.2, 0) is 9.59 Å². The molecule has 1 heterocycles. The second-order valence-electron chi connectivity index (χ2n) is 11.6. The maximum absolute atomic E-state index is 13.7. The topological polar surface area (TPSA) is 78.4 Å². The lowest BCUT2D eigenvalue weighted by atomic mass is 9.48. The molecule has 0 spiro atoms. The van der Waals surface area contributed by atoms with Gasteiger partial charge in [-0.05, 0) is 97.4 Å². The van der Waals surface area contributed by atoms with Crippen molar-refractivity contribution >= 4 is 28.3 Å². The van der Waals surface area contributed by atoms with Crippen LogP contribution in [0.1, 0.15) is 52.4 Å². The number of amides is 2. The molecule has 34 heavy (non-hydrogen) atoms. The van der Waals surface area contributed by atoms with Gasteiger partial charge < -0.3 is 15.7 Å². The van der Waals surface area contributed by atoms with E-state index < -0.39 is 0 Å². The molecule has 0 aromatic heterocycles. The smallest absolute Gasteiger partial charge is 0.243 e. The molecule has 3 fully saturated rings. The fourth-order valence-corrected chi connectivity index (χ4v) is 8.36. The average Bonchev–Trinajstić information content (AvgIpc) is 3.17. The minimum Gasteiger partial charge on any atom is -0.508 e. The van der Waals surface area contributed by atoms with Crippen molar-refractivity contribution in [3.8, 4) is 5.75 Å². The number of benzene rings is 2. The lowest BCUT2D eigenvalue weighted by Gasteiger charge is -2.58. The molecule has 3 N–H and O–H groups in total. The Morgan fingerprint density at radius 1 is 1.06 bits per heavy atom. The van der Waals surface area contributed by atoms with Crippen LogP contribution in [0.15, 0.2) is 48.6 Å². The summed E-state index contributed by atoms with van der Waals surface area (Å²) in [5.41, 5.74) is 0.853. The fourth-order valence-electron chi connectivity index (χ4n) is 8.36. The predicted octanol–water partition coefficient (Wildman–Crippen LogP) is 5.40. The van der Waals surface area contributed by atoms with Gasteiger partial charge in [-0.15, -0.1) is 0 Å². The van der Waals surface area contributed by atoms with Crippen LogP contribution in [-0.4, -0.2) is 23.0 Å². The maximum atomic E-state index is 13.7. The molecular weight excluding hydrogens is 424 g/mol. The largest absolute Gasteiger partial charge is 0.508 e. The van der Waals surface area contributed by atoms with Crippen molar-refractivity contribution in [3.05, 3.63) is 48.6 Å². The number of nitrogens with one attached hydrogen (secondary N) is 2. The van der Waals surface area contributed by atoms with Crippen LogP contribution in [0.2, 0.25) is 0 Å². The lowest BCUT2D eigenvalue weighted by molar-refractivity contribution is -0.129.